The van der Waals surface area contributed by atoms with Crippen molar-refractivity contribution >= 4 is 22.5 Å². The van der Waals surface area contributed by atoms with E-state index in [2.05, 4.69) is 35.7 Å². The second-order valence-corrected chi connectivity index (χ2v) is 7.99. The molecule has 5 rings (SSSR count). The number of nitrogen functional groups attached to an aromatic ring is 1. The number of aromatic nitrogens is 4. The molecule has 0 spiro atoms. The highest BCUT2D eigenvalue weighted by molar-refractivity contribution is 5.93. The van der Waals surface area contributed by atoms with Crippen molar-refractivity contribution in [2.24, 2.45) is 0 Å². The van der Waals surface area contributed by atoms with E-state index < -0.39 is 0 Å². The third kappa shape index (κ3) is 2.25. The van der Waals surface area contributed by atoms with Crippen LogP contribution in [0.3, 0.4) is 0 Å². The van der Waals surface area contributed by atoms with Crippen molar-refractivity contribution in [1.82, 2.24) is 19.9 Å². The minimum Gasteiger partial charge on any atom is -0.383 e. The molecule has 3 aromatic rings. The van der Waals surface area contributed by atoms with Crippen LogP contribution >= 0.6 is 0 Å². The minimum atomic E-state index is -0.266. The van der Waals surface area contributed by atoms with Crippen molar-refractivity contribution in [2.45, 2.75) is 44.4 Å². The van der Waals surface area contributed by atoms with Gasteiger partial charge in [0.15, 0.2) is 5.82 Å². The SMILES string of the molecule is C=C1Nc2nccc(-c3nc(N)c4c(C5CCC5)cncc4n3)c2C1(C)C. The van der Waals surface area contributed by atoms with E-state index in [-0.39, 0.29) is 5.41 Å². The number of allylic oxidation sites excluding steroid dienone is 1. The number of nitrogens with two attached hydrogens (primary N) is 1. The molecule has 1 aliphatic carbocycles. The molecular weight excluding hydrogens is 336 g/mol. The maximum Gasteiger partial charge on any atom is 0.162 e. The first-order valence-electron chi connectivity index (χ1n) is 9.34. The van der Waals surface area contributed by atoms with Crippen LogP contribution in [-0.4, -0.2) is 19.9 Å². The van der Waals surface area contributed by atoms with Crippen molar-refractivity contribution in [3.05, 3.63) is 48.1 Å². The predicted octanol–water partition coefficient (Wildman–Crippen LogP) is 4.15. The van der Waals surface area contributed by atoms with Gasteiger partial charge < -0.3 is 11.1 Å². The number of pyridine rings is 2. The van der Waals surface area contributed by atoms with E-state index >= 15 is 0 Å². The number of fused-ring (bicyclic) bond motifs is 2. The topological polar surface area (TPSA) is 89.6 Å². The van der Waals surface area contributed by atoms with Gasteiger partial charge in [-0.05, 0) is 30.4 Å². The van der Waals surface area contributed by atoms with E-state index in [4.69, 9.17) is 15.7 Å². The fourth-order valence-electron chi connectivity index (χ4n) is 4.11. The summed E-state index contributed by atoms with van der Waals surface area (Å²) in [6, 6.07) is 1.95. The normalized spacial score (nSPS) is 18.2. The van der Waals surface area contributed by atoms with Crippen LogP contribution in [0.1, 0.15) is 50.2 Å². The van der Waals surface area contributed by atoms with Gasteiger partial charge in [-0.15, -0.1) is 0 Å². The second-order valence-electron chi connectivity index (χ2n) is 7.99. The zero-order valence-corrected chi connectivity index (χ0v) is 15.6. The summed E-state index contributed by atoms with van der Waals surface area (Å²) >= 11 is 0. The summed E-state index contributed by atoms with van der Waals surface area (Å²) in [6.07, 6.45) is 9.09. The molecule has 1 saturated carbocycles. The monoisotopic (exact) mass is 358 g/mol. The van der Waals surface area contributed by atoms with E-state index in [1.165, 1.54) is 24.8 Å². The van der Waals surface area contributed by atoms with E-state index in [1.54, 1.807) is 12.4 Å². The number of rotatable bonds is 2. The predicted molar refractivity (Wildman–Crippen MR) is 107 cm³/mol. The largest absolute Gasteiger partial charge is 0.383 e. The van der Waals surface area contributed by atoms with Gasteiger partial charge in [0, 0.05) is 40.0 Å². The lowest BCUT2D eigenvalue weighted by molar-refractivity contribution is 0.421. The maximum absolute atomic E-state index is 6.42. The lowest BCUT2D eigenvalue weighted by Gasteiger charge is -2.26. The second kappa shape index (κ2) is 5.49. The summed E-state index contributed by atoms with van der Waals surface area (Å²) in [4.78, 5) is 18.4. The molecule has 0 saturated heterocycles. The molecule has 6 nitrogen and oxygen atoms in total. The van der Waals surface area contributed by atoms with Crippen LogP contribution in [0.2, 0.25) is 0 Å². The summed E-state index contributed by atoms with van der Waals surface area (Å²) in [5.74, 6) is 2.46. The first-order chi connectivity index (χ1) is 13.0. The Bertz CT molecular complexity index is 1100. The summed E-state index contributed by atoms with van der Waals surface area (Å²) in [5.41, 5.74) is 11.0. The van der Waals surface area contributed by atoms with Gasteiger partial charge in [0.25, 0.3) is 0 Å². The third-order valence-electron chi connectivity index (χ3n) is 6.05. The van der Waals surface area contributed by atoms with Crippen LogP contribution in [0, 0.1) is 0 Å². The summed E-state index contributed by atoms with van der Waals surface area (Å²) < 4.78 is 0. The zero-order valence-electron chi connectivity index (χ0n) is 15.6. The van der Waals surface area contributed by atoms with Crippen molar-refractivity contribution in [3.8, 4) is 11.4 Å². The molecule has 6 heteroatoms. The standard InChI is InChI=1S/C21H22N6/c1-11-21(2,3)17-13(7-8-24-20(17)25-11)19-26-15-10-23-9-14(12-5-4-6-12)16(15)18(22)27-19/h7-10,12H,1,4-6H2,2-3H3,(H,24,25)(H2,22,26,27). The number of hydrogen-bond acceptors (Lipinski definition) is 6. The van der Waals surface area contributed by atoms with Crippen LogP contribution < -0.4 is 11.1 Å². The molecule has 1 aliphatic heterocycles. The quantitative estimate of drug-likeness (QED) is 0.715. The Morgan fingerprint density at radius 3 is 2.78 bits per heavy atom. The molecule has 0 unspecified atom stereocenters. The summed E-state index contributed by atoms with van der Waals surface area (Å²) in [6.45, 7) is 8.39. The van der Waals surface area contributed by atoms with Gasteiger partial charge in [0.2, 0.25) is 0 Å². The Morgan fingerprint density at radius 1 is 1.22 bits per heavy atom. The van der Waals surface area contributed by atoms with Gasteiger partial charge in [0.05, 0.1) is 11.7 Å². The first-order valence-corrected chi connectivity index (χ1v) is 9.34. The lowest BCUT2D eigenvalue weighted by Crippen LogP contribution is -2.17. The van der Waals surface area contributed by atoms with E-state index in [9.17, 15) is 0 Å². The molecule has 4 heterocycles. The van der Waals surface area contributed by atoms with Crippen LogP contribution in [0.4, 0.5) is 11.6 Å². The number of nitrogens with zero attached hydrogens (tertiary/aromatic N) is 4. The number of anilines is 2. The molecular formula is C21H22N6. The fraction of sp³-hybridized carbons (Fsp3) is 0.333. The molecule has 0 atom stereocenters. The van der Waals surface area contributed by atoms with Gasteiger partial charge in [0.1, 0.15) is 11.6 Å². The molecule has 2 aliphatic rings. The van der Waals surface area contributed by atoms with Gasteiger partial charge in [-0.2, -0.15) is 0 Å². The van der Waals surface area contributed by atoms with Crippen LogP contribution in [0.5, 0.6) is 0 Å². The van der Waals surface area contributed by atoms with Gasteiger partial charge >= 0.3 is 0 Å². The first kappa shape index (κ1) is 16.2. The summed E-state index contributed by atoms with van der Waals surface area (Å²) in [7, 11) is 0. The molecule has 3 aromatic heterocycles. The Labute approximate surface area is 158 Å². The third-order valence-corrected chi connectivity index (χ3v) is 6.05. The van der Waals surface area contributed by atoms with Crippen molar-refractivity contribution in [2.75, 3.05) is 11.1 Å². The zero-order chi connectivity index (χ0) is 18.8. The smallest absolute Gasteiger partial charge is 0.162 e. The van der Waals surface area contributed by atoms with E-state index in [1.807, 2.05) is 12.3 Å². The van der Waals surface area contributed by atoms with Crippen LogP contribution in [0.25, 0.3) is 22.3 Å². The fourth-order valence-corrected chi connectivity index (χ4v) is 4.11. The minimum absolute atomic E-state index is 0.266. The molecule has 0 radical (unpaired) electrons. The van der Waals surface area contributed by atoms with E-state index in [0.717, 1.165) is 33.5 Å². The molecule has 3 N–H and O–H groups in total. The van der Waals surface area contributed by atoms with Crippen LogP contribution in [0.15, 0.2) is 36.9 Å². The number of hydrogen-bond donors (Lipinski definition) is 2. The van der Waals surface area contributed by atoms with Crippen molar-refractivity contribution < 1.29 is 0 Å². The molecule has 136 valence electrons. The van der Waals surface area contributed by atoms with Crippen LogP contribution in [-0.2, 0) is 5.41 Å². The average molecular weight is 358 g/mol. The highest BCUT2D eigenvalue weighted by Gasteiger charge is 2.37. The van der Waals surface area contributed by atoms with Crippen molar-refractivity contribution in [1.29, 1.82) is 0 Å². The Balaban J connectivity index is 1.73. The lowest BCUT2D eigenvalue weighted by atomic mass is 9.79. The molecule has 1 fully saturated rings. The number of nitrogens with one attached hydrogen (secondary N) is 1. The van der Waals surface area contributed by atoms with Gasteiger partial charge in [-0.3, -0.25) is 4.98 Å². The Kier molecular flexibility index (Phi) is 3.29. The highest BCUT2D eigenvalue weighted by atomic mass is 15.0. The molecule has 27 heavy (non-hydrogen) atoms. The van der Waals surface area contributed by atoms with Gasteiger partial charge in [-0.1, -0.05) is 26.8 Å². The van der Waals surface area contributed by atoms with Crippen molar-refractivity contribution in [3.63, 3.8) is 0 Å². The van der Waals surface area contributed by atoms with Gasteiger partial charge in [-0.25, -0.2) is 15.0 Å². The molecule has 0 bridgehead atoms. The Hall–Kier alpha value is -3.02. The molecule has 0 aromatic carbocycles. The molecule has 0 amide bonds. The highest BCUT2D eigenvalue weighted by Crippen LogP contribution is 2.46. The average Bonchev–Trinajstić information content (AvgIpc) is 2.82. The van der Waals surface area contributed by atoms with E-state index in [0.29, 0.717) is 17.6 Å². The Morgan fingerprint density at radius 2 is 2.04 bits per heavy atom. The maximum atomic E-state index is 6.42. The summed E-state index contributed by atoms with van der Waals surface area (Å²) in [5, 5.41) is 4.23.